The monoisotopic (exact) mass is 320 g/mol. The predicted molar refractivity (Wildman–Crippen MR) is 79.8 cm³/mol. The summed E-state index contributed by atoms with van der Waals surface area (Å²) in [7, 11) is 0. The van der Waals surface area contributed by atoms with Gasteiger partial charge in [0.25, 0.3) is 0 Å². The van der Waals surface area contributed by atoms with Gasteiger partial charge in [-0.1, -0.05) is 46.3 Å². The first kappa shape index (κ1) is 14.0. The lowest BCUT2D eigenvalue weighted by molar-refractivity contribution is 0.324. The van der Waals surface area contributed by atoms with Crippen molar-refractivity contribution >= 4 is 15.9 Å². The van der Waals surface area contributed by atoms with Crippen molar-refractivity contribution in [3.8, 4) is 5.88 Å². The lowest BCUT2D eigenvalue weighted by Crippen LogP contribution is -2.03. The third-order valence-electron chi connectivity index (χ3n) is 2.71. The van der Waals surface area contributed by atoms with Crippen molar-refractivity contribution in [1.29, 1.82) is 0 Å². The molecule has 2 aromatic rings. The highest BCUT2D eigenvalue weighted by Crippen LogP contribution is 2.26. The average Bonchev–Trinajstić information content (AvgIpc) is 2.39. The molecule has 3 nitrogen and oxygen atoms in total. The quantitative estimate of drug-likeness (QED) is 0.784. The molecule has 0 saturated heterocycles. The van der Waals surface area contributed by atoms with Gasteiger partial charge in [0.05, 0.1) is 6.61 Å². The van der Waals surface area contributed by atoms with Crippen LogP contribution < -0.4 is 4.74 Å². The number of benzene rings is 1. The van der Waals surface area contributed by atoms with Crippen molar-refractivity contribution < 1.29 is 4.74 Å². The molecule has 0 aliphatic rings. The fourth-order valence-corrected chi connectivity index (χ4v) is 2.53. The Morgan fingerprint density at radius 3 is 2.63 bits per heavy atom. The molecule has 100 valence electrons. The minimum atomic E-state index is 0.248. The van der Waals surface area contributed by atoms with E-state index in [4.69, 9.17) is 4.74 Å². The second kappa shape index (κ2) is 6.66. The Bertz CT molecular complexity index is 531. The van der Waals surface area contributed by atoms with Crippen LogP contribution in [-0.4, -0.2) is 16.6 Å². The van der Waals surface area contributed by atoms with Gasteiger partial charge in [-0.3, -0.25) is 0 Å². The summed E-state index contributed by atoms with van der Waals surface area (Å²) >= 11 is 3.71. The highest BCUT2D eigenvalue weighted by atomic mass is 79.9. The SMILES string of the molecule is CCOc1cc(CC(Br)c2ccccc2)nc(C)n1. The van der Waals surface area contributed by atoms with E-state index in [0.29, 0.717) is 12.5 Å². The molecule has 0 spiro atoms. The molecular weight excluding hydrogens is 304 g/mol. The molecule has 19 heavy (non-hydrogen) atoms. The van der Waals surface area contributed by atoms with Crippen LogP contribution >= 0.6 is 15.9 Å². The second-order valence-electron chi connectivity index (χ2n) is 4.26. The van der Waals surface area contributed by atoms with Crippen LogP contribution in [0.2, 0.25) is 0 Å². The van der Waals surface area contributed by atoms with Gasteiger partial charge in [0.1, 0.15) is 5.82 Å². The standard InChI is InChI=1S/C15H17BrN2O/c1-3-19-15-10-13(17-11(2)18-15)9-14(16)12-7-5-4-6-8-12/h4-8,10,14H,3,9H2,1-2H3. The van der Waals surface area contributed by atoms with Gasteiger partial charge in [0, 0.05) is 23.0 Å². The van der Waals surface area contributed by atoms with E-state index in [-0.39, 0.29) is 4.83 Å². The van der Waals surface area contributed by atoms with Gasteiger partial charge in [-0.05, 0) is 19.4 Å². The number of nitrogens with zero attached hydrogens (tertiary/aromatic N) is 2. The second-order valence-corrected chi connectivity index (χ2v) is 5.37. The van der Waals surface area contributed by atoms with E-state index in [1.165, 1.54) is 5.56 Å². The van der Waals surface area contributed by atoms with E-state index in [2.05, 4.69) is 38.0 Å². The maximum Gasteiger partial charge on any atom is 0.216 e. The van der Waals surface area contributed by atoms with Crippen LogP contribution in [0.25, 0.3) is 0 Å². The minimum Gasteiger partial charge on any atom is -0.478 e. The van der Waals surface area contributed by atoms with Crippen molar-refractivity contribution in [1.82, 2.24) is 9.97 Å². The molecule has 1 aromatic heterocycles. The first-order valence-corrected chi connectivity index (χ1v) is 7.27. The molecule has 4 heteroatoms. The predicted octanol–water partition coefficient (Wildman–Crippen LogP) is 3.86. The summed E-state index contributed by atoms with van der Waals surface area (Å²) < 4.78 is 5.45. The topological polar surface area (TPSA) is 35.0 Å². The summed E-state index contributed by atoms with van der Waals surface area (Å²) in [6.07, 6.45) is 0.813. The van der Waals surface area contributed by atoms with Gasteiger partial charge in [-0.2, -0.15) is 4.98 Å². The molecule has 0 bridgehead atoms. The van der Waals surface area contributed by atoms with Gasteiger partial charge < -0.3 is 4.74 Å². The van der Waals surface area contributed by atoms with Crippen molar-refractivity contribution in [2.75, 3.05) is 6.61 Å². The maximum atomic E-state index is 5.45. The van der Waals surface area contributed by atoms with Gasteiger partial charge in [-0.25, -0.2) is 4.98 Å². The molecule has 0 saturated carbocycles. The summed E-state index contributed by atoms with van der Waals surface area (Å²) in [5, 5.41) is 0. The minimum absolute atomic E-state index is 0.248. The van der Waals surface area contributed by atoms with E-state index in [0.717, 1.165) is 17.9 Å². The molecule has 0 aliphatic heterocycles. The van der Waals surface area contributed by atoms with Crippen LogP contribution in [0.1, 0.15) is 28.8 Å². The Morgan fingerprint density at radius 2 is 1.95 bits per heavy atom. The highest BCUT2D eigenvalue weighted by Gasteiger charge is 2.11. The zero-order chi connectivity index (χ0) is 13.7. The number of hydrogen-bond acceptors (Lipinski definition) is 3. The lowest BCUT2D eigenvalue weighted by Gasteiger charge is -2.11. The summed E-state index contributed by atoms with van der Waals surface area (Å²) in [5.74, 6) is 1.39. The van der Waals surface area contributed by atoms with E-state index < -0.39 is 0 Å². The number of aromatic nitrogens is 2. The van der Waals surface area contributed by atoms with Gasteiger partial charge in [-0.15, -0.1) is 0 Å². The Balaban J connectivity index is 2.14. The smallest absolute Gasteiger partial charge is 0.216 e. The first-order valence-electron chi connectivity index (χ1n) is 6.35. The number of rotatable bonds is 5. The molecule has 1 unspecified atom stereocenters. The molecule has 1 atom stereocenters. The van der Waals surface area contributed by atoms with Crippen molar-refractivity contribution in [3.63, 3.8) is 0 Å². The fourth-order valence-electron chi connectivity index (χ4n) is 1.89. The van der Waals surface area contributed by atoms with Gasteiger partial charge >= 0.3 is 0 Å². The van der Waals surface area contributed by atoms with E-state index in [1.54, 1.807) is 0 Å². The van der Waals surface area contributed by atoms with Crippen LogP contribution in [0.4, 0.5) is 0 Å². The van der Waals surface area contributed by atoms with Gasteiger partial charge in [0.15, 0.2) is 0 Å². The Hall–Kier alpha value is -1.42. The molecule has 0 aliphatic carbocycles. The van der Waals surface area contributed by atoms with Crippen LogP contribution in [0, 0.1) is 6.92 Å². The summed E-state index contributed by atoms with van der Waals surface area (Å²) in [4.78, 5) is 8.96. The molecule has 0 amide bonds. The summed E-state index contributed by atoms with van der Waals surface area (Å²) in [6, 6.07) is 12.2. The third kappa shape index (κ3) is 4.03. The Labute approximate surface area is 122 Å². The molecule has 2 rings (SSSR count). The van der Waals surface area contributed by atoms with Crippen LogP contribution in [-0.2, 0) is 6.42 Å². The first-order chi connectivity index (χ1) is 9.19. The van der Waals surface area contributed by atoms with E-state index >= 15 is 0 Å². The average molecular weight is 321 g/mol. The number of aryl methyl sites for hydroxylation is 1. The molecular formula is C15H17BrN2O. The largest absolute Gasteiger partial charge is 0.478 e. The van der Waals surface area contributed by atoms with Crippen molar-refractivity contribution in [2.45, 2.75) is 25.1 Å². The third-order valence-corrected chi connectivity index (χ3v) is 3.56. The van der Waals surface area contributed by atoms with Crippen LogP contribution in [0.5, 0.6) is 5.88 Å². The van der Waals surface area contributed by atoms with Crippen molar-refractivity contribution in [2.24, 2.45) is 0 Å². The molecule has 1 aromatic carbocycles. The number of hydrogen-bond donors (Lipinski definition) is 0. The number of alkyl halides is 1. The fraction of sp³-hybridized carbons (Fsp3) is 0.333. The molecule has 0 N–H and O–H groups in total. The van der Waals surface area contributed by atoms with Gasteiger partial charge in [0.2, 0.25) is 5.88 Å². The van der Waals surface area contributed by atoms with Crippen molar-refractivity contribution in [3.05, 3.63) is 53.5 Å². The van der Waals surface area contributed by atoms with Crippen LogP contribution in [0.3, 0.4) is 0 Å². The maximum absolute atomic E-state index is 5.45. The number of halogens is 1. The summed E-state index contributed by atoms with van der Waals surface area (Å²) in [6.45, 7) is 4.46. The highest BCUT2D eigenvalue weighted by molar-refractivity contribution is 9.09. The molecule has 0 radical (unpaired) electrons. The number of ether oxygens (including phenoxy) is 1. The summed E-state index contributed by atoms with van der Waals surface area (Å²) in [5.41, 5.74) is 2.23. The molecule has 0 fully saturated rings. The Morgan fingerprint density at radius 1 is 1.21 bits per heavy atom. The Kier molecular flexibility index (Phi) is 4.91. The van der Waals surface area contributed by atoms with E-state index in [9.17, 15) is 0 Å². The van der Waals surface area contributed by atoms with E-state index in [1.807, 2.05) is 38.1 Å². The lowest BCUT2D eigenvalue weighted by atomic mass is 10.1. The molecule has 1 heterocycles. The van der Waals surface area contributed by atoms with Crippen LogP contribution in [0.15, 0.2) is 36.4 Å². The zero-order valence-electron chi connectivity index (χ0n) is 11.1. The normalized spacial score (nSPS) is 12.2. The zero-order valence-corrected chi connectivity index (χ0v) is 12.7.